The molecule has 3 nitrogen and oxygen atoms in total. The van der Waals surface area contributed by atoms with Gasteiger partial charge in [-0.05, 0) is 12.5 Å². The van der Waals surface area contributed by atoms with Gasteiger partial charge in [-0.1, -0.05) is 6.92 Å². The van der Waals surface area contributed by atoms with Crippen molar-refractivity contribution >= 4 is 23.1 Å². The van der Waals surface area contributed by atoms with Crippen molar-refractivity contribution in [2.45, 2.75) is 20.3 Å². The third-order valence-corrected chi connectivity index (χ3v) is 3.14. The Bertz CT molecular complexity index is 332. The zero-order valence-corrected chi connectivity index (χ0v) is 9.23. The first kappa shape index (κ1) is 10.9. The molecule has 4 heteroatoms. The van der Waals surface area contributed by atoms with Crippen molar-refractivity contribution in [1.29, 1.82) is 0 Å². The summed E-state index contributed by atoms with van der Waals surface area (Å²) >= 11 is 1.30. The zero-order chi connectivity index (χ0) is 10.7. The Morgan fingerprint density at radius 1 is 1.50 bits per heavy atom. The van der Waals surface area contributed by atoms with Gasteiger partial charge in [0.2, 0.25) is 0 Å². The fraction of sp³-hybridized carbons (Fsp3) is 0.400. The SMILES string of the molecule is CCC(=O)c1scc(C(=O)OC)c1C. The number of methoxy groups -OCH3 is 1. The van der Waals surface area contributed by atoms with E-state index in [0.29, 0.717) is 16.9 Å². The summed E-state index contributed by atoms with van der Waals surface area (Å²) < 4.78 is 4.60. The Balaban J connectivity index is 3.08. The molecule has 0 amide bonds. The summed E-state index contributed by atoms with van der Waals surface area (Å²) in [6.45, 7) is 3.57. The van der Waals surface area contributed by atoms with Crippen molar-refractivity contribution in [3.05, 3.63) is 21.4 Å². The summed E-state index contributed by atoms with van der Waals surface area (Å²) in [4.78, 5) is 23.3. The second-order valence-electron chi connectivity index (χ2n) is 2.87. The van der Waals surface area contributed by atoms with E-state index in [1.165, 1.54) is 18.4 Å². The van der Waals surface area contributed by atoms with E-state index in [4.69, 9.17) is 0 Å². The minimum atomic E-state index is -0.381. The van der Waals surface area contributed by atoms with Gasteiger partial charge in [-0.2, -0.15) is 0 Å². The topological polar surface area (TPSA) is 43.4 Å². The van der Waals surface area contributed by atoms with Gasteiger partial charge in [-0.3, -0.25) is 4.79 Å². The van der Waals surface area contributed by atoms with Gasteiger partial charge < -0.3 is 4.74 Å². The van der Waals surface area contributed by atoms with Gasteiger partial charge in [0.05, 0.1) is 17.6 Å². The summed E-state index contributed by atoms with van der Waals surface area (Å²) in [5.41, 5.74) is 1.23. The first-order valence-electron chi connectivity index (χ1n) is 4.31. The smallest absolute Gasteiger partial charge is 0.338 e. The summed E-state index contributed by atoms with van der Waals surface area (Å²) in [5, 5.41) is 1.67. The summed E-state index contributed by atoms with van der Waals surface area (Å²) in [6, 6.07) is 0. The van der Waals surface area contributed by atoms with Crippen molar-refractivity contribution in [2.24, 2.45) is 0 Å². The monoisotopic (exact) mass is 212 g/mol. The van der Waals surface area contributed by atoms with Crippen molar-refractivity contribution in [3.63, 3.8) is 0 Å². The van der Waals surface area contributed by atoms with Crippen LogP contribution in [0.25, 0.3) is 0 Å². The van der Waals surface area contributed by atoms with Crippen LogP contribution in [0.3, 0.4) is 0 Å². The molecule has 0 saturated heterocycles. The average Bonchev–Trinajstić information content (AvgIpc) is 2.58. The first-order chi connectivity index (χ1) is 6.61. The van der Waals surface area contributed by atoms with Crippen LogP contribution < -0.4 is 0 Å². The average molecular weight is 212 g/mol. The second kappa shape index (κ2) is 4.37. The fourth-order valence-corrected chi connectivity index (χ4v) is 2.23. The van der Waals surface area contributed by atoms with E-state index in [-0.39, 0.29) is 11.8 Å². The Morgan fingerprint density at radius 2 is 2.14 bits per heavy atom. The third-order valence-electron chi connectivity index (χ3n) is 2.02. The van der Waals surface area contributed by atoms with Gasteiger partial charge in [0, 0.05) is 11.8 Å². The molecule has 0 fully saturated rings. The number of Topliss-reactive ketones (excluding diaryl/α,β-unsaturated/α-hetero) is 1. The minimum Gasteiger partial charge on any atom is -0.465 e. The maximum absolute atomic E-state index is 11.4. The van der Waals surface area contributed by atoms with Crippen LogP contribution in [0.5, 0.6) is 0 Å². The lowest BCUT2D eigenvalue weighted by Crippen LogP contribution is -2.03. The maximum Gasteiger partial charge on any atom is 0.338 e. The number of ether oxygens (including phenoxy) is 1. The number of ketones is 1. The van der Waals surface area contributed by atoms with Crippen LogP contribution in [-0.4, -0.2) is 18.9 Å². The van der Waals surface area contributed by atoms with Crippen molar-refractivity contribution in [2.75, 3.05) is 7.11 Å². The molecule has 0 unspecified atom stereocenters. The molecule has 0 bridgehead atoms. The molecule has 0 aliphatic rings. The molecule has 1 rings (SSSR count). The molecule has 0 radical (unpaired) electrons. The van der Waals surface area contributed by atoms with Gasteiger partial charge in [0.1, 0.15) is 0 Å². The Labute approximate surface area is 86.7 Å². The Hall–Kier alpha value is -1.16. The number of hydrogen-bond donors (Lipinski definition) is 0. The lowest BCUT2D eigenvalue weighted by atomic mass is 10.1. The van der Waals surface area contributed by atoms with Crippen molar-refractivity contribution < 1.29 is 14.3 Å². The summed E-state index contributed by atoms with van der Waals surface area (Å²) in [7, 11) is 1.33. The number of hydrogen-bond acceptors (Lipinski definition) is 4. The van der Waals surface area contributed by atoms with Crippen LogP contribution >= 0.6 is 11.3 Å². The molecule has 1 aromatic rings. The van der Waals surface area contributed by atoms with Crippen LogP contribution in [0.15, 0.2) is 5.38 Å². The van der Waals surface area contributed by atoms with Gasteiger partial charge in [-0.25, -0.2) is 4.79 Å². The second-order valence-corrected chi connectivity index (χ2v) is 3.75. The zero-order valence-electron chi connectivity index (χ0n) is 8.42. The first-order valence-corrected chi connectivity index (χ1v) is 5.19. The molecule has 0 aromatic carbocycles. The quantitative estimate of drug-likeness (QED) is 0.571. The molecule has 1 heterocycles. The molecule has 0 atom stereocenters. The third kappa shape index (κ3) is 1.85. The molecular weight excluding hydrogens is 200 g/mol. The van der Waals surface area contributed by atoms with E-state index in [1.54, 1.807) is 19.2 Å². The molecule has 76 valence electrons. The van der Waals surface area contributed by atoms with E-state index in [1.807, 2.05) is 0 Å². The molecule has 1 aromatic heterocycles. The van der Waals surface area contributed by atoms with Crippen molar-refractivity contribution in [1.82, 2.24) is 0 Å². The van der Waals surface area contributed by atoms with E-state index in [0.717, 1.165) is 5.56 Å². The number of carbonyl (C=O) groups excluding carboxylic acids is 2. The van der Waals surface area contributed by atoms with Gasteiger partial charge in [0.15, 0.2) is 5.78 Å². The lowest BCUT2D eigenvalue weighted by molar-refractivity contribution is 0.0600. The summed E-state index contributed by atoms with van der Waals surface area (Å²) in [5.74, 6) is -0.309. The molecular formula is C10H12O3S. The fourth-order valence-electron chi connectivity index (χ4n) is 1.16. The normalized spacial score (nSPS) is 9.93. The predicted octanol–water partition coefficient (Wildman–Crippen LogP) is 2.44. The standard InChI is InChI=1S/C10H12O3S/c1-4-8(11)9-6(2)7(5-14-9)10(12)13-3/h5H,4H2,1-3H3. The molecule has 0 spiro atoms. The van der Waals surface area contributed by atoms with E-state index in [9.17, 15) is 9.59 Å². The molecule has 14 heavy (non-hydrogen) atoms. The van der Waals surface area contributed by atoms with E-state index in [2.05, 4.69) is 4.74 Å². The molecule has 0 saturated carbocycles. The molecule has 0 aliphatic heterocycles. The van der Waals surface area contributed by atoms with Crippen LogP contribution in [0.4, 0.5) is 0 Å². The number of rotatable bonds is 3. The highest BCUT2D eigenvalue weighted by atomic mass is 32.1. The van der Waals surface area contributed by atoms with Crippen molar-refractivity contribution in [3.8, 4) is 0 Å². The largest absolute Gasteiger partial charge is 0.465 e. The highest BCUT2D eigenvalue weighted by molar-refractivity contribution is 7.12. The maximum atomic E-state index is 11.4. The predicted molar refractivity (Wildman–Crippen MR) is 55.0 cm³/mol. The lowest BCUT2D eigenvalue weighted by Gasteiger charge is -1.98. The van der Waals surface area contributed by atoms with E-state index < -0.39 is 0 Å². The Kier molecular flexibility index (Phi) is 3.41. The number of esters is 1. The highest BCUT2D eigenvalue weighted by Gasteiger charge is 2.17. The van der Waals surface area contributed by atoms with E-state index >= 15 is 0 Å². The van der Waals surface area contributed by atoms with Crippen LogP contribution in [-0.2, 0) is 4.74 Å². The Morgan fingerprint density at radius 3 is 2.64 bits per heavy atom. The van der Waals surface area contributed by atoms with Gasteiger partial charge >= 0.3 is 5.97 Å². The molecule has 0 aliphatic carbocycles. The highest BCUT2D eigenvalue weighted by Crippen LogP contribution is 2.23. The number of thiophene rings is 1. The summed E-state index contributed by atoms with van der Waals surface area (Å²) in [6.07, 6.45) is 0.460. The number of carbonyl (C=O) groups is 2. The van der Waals surface area contributed by atoms with Crippen LogP contribution in [0.2, 0.25) is 0 Å². The van der Waals surface area contributed by atoms with Crippen LogP contribution in [0, 0.1) is 6.92 Å². The van der Waals surface area contributed by atoms with Gasteiger partial charge in [0.25, 0.3) is 0 Å². The van der Waals surface area contributed by atoms with Gasteiger partial charge in [-0.15, -0.1) is 11.3 Å². The minimum absolute atomic E-state index is 0.0719. The molecule has 0 N–H and O–H groups in total. The van der Waals surface area contributed by atoms with Crippen LogP contribution in [0.1, 0.15) is 38.9 Å².